The Hall–Kier alpha value is -2.40. The maximum absolute atomic E-state index is 13.3. The second kappa shape index (κ2) is 7.45. The molecule has 1 amide bonds. The van der Waals surface area contributed by atoms with E-state index in [-0.39, 0.29) is 17.6 Å². The molecule has 24 heavy (non-hydrogen) atoms. The summed E-state index contributed by atoms with van der Waals surface area (Å²) in [5.41, 5.74) is 8.04. The first-order chi connectivity index (χ1) is 11.6. The molecule has 2 aromatic carbocycles. The van der Waals surface area contributed by atoms with E-state index in [1.807, 2.05) is 18.2 Å². The van der Waals surface area contributed by atoms with Crippen LogP contribution in [0.15, 0.2) is 48.5 Å². The van der Waals surface area contributed by atoms with Gasteiger partial charge in [0.25, 0.3) is 0 Å². The molecule has 2 aromatic rings. The summed E-state index contributed by atoms with van der Waals surface area (Å²) >= 11 is 0. The number of likely N-dealkylation sites (tertiary alicyclic amines) is 1. The number of nitrogens with zero attached hydrogens (tertiary/aromatic N) is 1. The van der Waals surface area contributed by atoms with E-state index in [9.17, 15) is 9.18 Å². The number of hydrogen-bond acceptors (Lipinski definition) is 3. The van der Waals surface area contributed by atoms with Gasteiger partial charge in [-0.15, -0.1) is 0 Å². The molecule has 0 aromatic heterocycles. The fourth-order valence-electron chi connectivity index (χ4n) is 3.15. The molecule has 0 saturated carbocycles. The van der Waals surface area contributed by atoms with Crippen molar-refractivity contribution in [3.8, 4) is 0 Å². The van der Waals surface area contributed by atoms with Crippen molar-refractivity contribution in [3.05, 3.63) is 59.9 Å². The van der Waals surface area contributed by atoms with Crippen molar-refractivity contribution in [3.63, 3.8) is 0 Å². The van der Waals surface area contributed by atoms with Gasteiger partial charge in [0.2, 0.25) is 5.91 Å². The number of carbonyl (C=O) groups is 1. The van der Waals surface area contributed by atoms with Crippen LogP contribution in [-0.2, 0) is 11.3 Å². The van der Waals surface area contributed by atoms with Crippen molar-refractivity contribution in [2.75, 3.05) is 24.1 Å². The minimum Gasteiger partial charge on any atom is -0.397 e. The van der Waals surface area contributed by atoms with Crippen molar-refractivity contribution < 1.29 is 9.18 Å². The lowest BCUT2D eigenvalue weighted by Gasteiger charge is -2.32. The highest BCUT2D eigenvalue weighted by Gasteiger charge is 2.26. The van der Waals surface area contributed by atoms with Crippen LogP contribution in [0.3, 0.4) is 0 Å². The molecule has 1 aliphatic heterocycles. The van der Waals surface area contributed by atoms with Gasteiger partial charge >= 0.3 is 0 Å². The number of benzene rings is 2. The predicted molar refractivity (Wildman–Crippen MR) is 93.9 cm³/mol. The Bertz CT molecular complexity index is 719. The number of hydrogen-bond donors (Lipinski definition) is 2. The van der Waals surface area contributed by atoms with Crippen LogP contribution >= 0.6 is 0 Å². The summed E-state index contributed by atoms with van der Waals surface area (Å²) in [5.74, 6) is -0.304. The van der Waals surface area contributed by atoms with E-state index in [0.29, 0.717) is 24.5 Å². The monoisotopic (exact) mass is 327 g/mol. The zero-order valence-corrected chi connectivity index (χ0v) is 13.5. The Morgan fingerprint density at radius 3 is 2.88 bits per heavy atom. The molecule has 126 valence electrons. The lowest BCUT2D eigenvalue weighted by Crippen LogP contribution is -2.40. The average molecular weight is 327 g/mol. The Kier molecular flexibility index (Phi) is 5.11. The van der Waals surface area contributed by atoms with Gasteiger partial charge in [-0.3, -0.25) is 9.69 Å². The highest BCUT2D eigenvalue weighted by Crippen LogP contribution is 2.23. The molecule has 1 heterocycles. The molecule has 0 radical (unpaired) electrons. The van der Waals surface area contributed by atoms with E-state index in [2.05, 4.69) is 10.2 Å². The number of anilines is 2. The number of nitrogen functional groups attached to an aromatic ring is 1. The molecule has 1 fully saturated rings. The lowest BCUT2D eigenvalue weighted by molar-refractivity contribution is -0.121. The Labute approximate surface area is 141 Å². The number of nitrogens with two attached hydrogens (primary N) is 1. The molecule has 5 heteroatoms. The van der Waals surface area contributed by atoms with Gasteiger partial charge in [0.05, 0.1) is 17.3 Å². The second-order valence-electron chi connectivity index (χ2n) is 6.28. The second-order valence-corrected chi connectivity index (χ2v) is 6.28. The highest BCUT2D eigenvalue weighted by molar-refractivity contribution is 5.95. The van der Waals surface area contributed by atoms with Gasteiger partial charge in [-0.05, 0) is 49.2 Å². The minimum absolute atomic E-state index is 0.00292. The summed E-state index contributed by atoms with van der Waals surface area (Å²) < 4.78 is 13.3. The predicted octanol–water partition coefficient (Wildman–Crippen LogP) is 3.26. The third-order valence-electron chi connectivity index (χ3n) is 4.39. The van der Waals surface area contributed by atoms with Gasteiger partial charge < -0.3 is 11.1 Å². The first-order valence-corrected chi connectivity index (χ1v) is 8.24. The maximum Gasteiger partial charge on any atom is 0.228 e. The molecular weight excluding hydrogens is 305 g/mol. The molecule has 1 atom stereocenters. The number of piperidine rings is 1. The number of para-hydroxylation sites is 2. The molecule has 1 unspecified atom stereocenters. The van der Waals surface area contributed by atoms with E-state index in [4.69, 9.17) is 5.73 Å². The van der Waals surface area contributed by atoms with Crippen molar-refractivity contribution in [1.29, 1.82) is 0 Å². The van der Waals surface area contributed by atoms with Gasteiger partial charge in [0.15, 0.2) is 0 Å². The topological polar surface area (TPSA) is 58.4 Å². The molecule has 1 aliphatic rings. The molecule has 0 spiro atoms. The number of nitrogens with one attached hydrogen (secondary N) is 1. The number of carbonyl (C=O) groups excluding carboxylic acids is 1. The molecule has 3 rings (SSSR count). The van der Waals surface area contributed by atoms with Crippen LogP contribution in [0.5, 0.6) is 0 Å². The minimum atomic E-state index is -0.224. The molecule has 0 bridgehead atoms. The average Bonchev–Trinajstić information content (AvgIpc) is 2.57. The van der Waals surface area contributed by atoms with Crippen LogP contribution in [0, 0.1) is 11.7 Å². The summed E-state index contributed by atoms with van der Waals surface area (Å²) in [5, 5.41) is 2.92. The Morgan fingerprint density at radius 2 is 2.08 bits per heavy atom. The smallest absolute Gasteiger partial charge is 0.228 e. The third kappa shape index (κ3) is 4.11. The summed E-state index contributed by atoms with van der Waals surface area (Å²) in [7, 11) is 0. The molecule has 0 aliphatic carbocycles. The molecular formula is C19H22FN3O. The molecule has 3 N–H and O–H groups in total. The first kappa shape index (κ1) is 16.5. The van der Waals surface area contributed by atoms with Crippen LogP contribution < -0.4 is 11.1 Å². The van der Waals surface area contributed by atoms with Crippen LogP contribution in [0.2, 0.25) is 0 Å². The van der Waals surface area contributed by atoms with E-state index in [1.165, 1.54) is 6.07 Å². The van der Waals surface area contributed by atoms with Crippen LogP contribution in [0.4, 0.5) is 15.8 Å². The van der Waals surface area contributed by atoms with E-state index >= 15 is 0 Å². The van der Waals surface area contributed by atoms with Crippen molar-refractivity contribution in [2.45, 2.75) is 19.4 Å². The first-order valence-electron chi connectivity index (χ1n) is 8.24. The van der Waals surface area contributed by atoms with E-state index in [1.54, 1.807) is 24.3 Å². The zero-order chi connectivity index (χ0) is 16.9. The van der Waals surface area contributed by atoms with Gasteiger partial charge in [-0.2, -0.15) is 0 Å². The standard InChI is InChI=1S/C19H22FN3O/c20-16-7-3-5-14(11-16)12-23-10-4-6-15(13-23)19(24)22-18-9-2-1-8-17(18)21/h1-3,5,7-9,11,15H,4,6,10,12-13,21H2,(H,22,24). The summed E-state index contributed by atoms with van der Waals surface area (Å²) in [6, 6.07) is 13.9. The van der Waals surface area contributed by atoms with Gasteiger partial charge in [-0.25, -0.2) is 4.39 Å². The fraction of sp³-hybridized carbons (Fsp3) is 0.316. The van der Waals surface area contributed by atoms with Crippen molar-refractivity contribution >= 4 is 17.3 Å². The Balaban J connectivity index is 1.60. The van der Waals surface area contributed by atoms with E-state index in [0.717, 1.165) is 24.9 Å². The van der Waals surface area contributed by atoms with Crippen LogP contribution in [0.1, 0.15) is 18.4 Å². The number of amides is 1. The van der Waals surface area contributed by atoms with Crippen LogP contribution in [-0.4, -0.2) is 23.9 Å². The largest absolute Gasteiger partial charge is 0.397 e. The fourth-order valence-corrected chi connectivity index (χ4v) is 3.15. The quantitative estimate of drug-likeness (QED) is 0.848. The summed E-state index contributed by atoms with van der Waals surface area (Å²) in [6.45, 7) is 2.26. The van der Waals surface area contributed by atoms with Crippen LogP contribution in [0.25, 0.3) is 0 Å². The van der Waals surface area contributed by atoms with Crippen molar-refractivity contribution in [1.82, 2.24) is 4.90 Å². The normalized spacial score (nSPS) is 18.3. The van der Waals surface area contributed by atoms with E-state index < -0.39 is 0 Å². The van der Waals surface area contributed by atoms with Crippen molar-refractivity contribution in [2.24, 2.45) is 5.92 Å². The number of rotatable bonds is 4. The lowest BCUT2D eigenvalue weighted by atomic mass is 9.96. The third-order valence-corrected chi connectivity index (χ3v) is 4.39. The SMILES string of the molecule is Nc1ccccc1NC(=O)C1CCCN(Cc2cccc(F)c2)C1. The molecule has 4 nitrogen and oxygen atoms in total. The maximum atomic E-state index is 13.3. The van der Waals surface area contributed by atoms with Gasteiger partial charge in [-0.1, -0.05) is 24.3 Å². The van der Waals surface area contributed by atoms with Gasteiger partial charge in [0, 0.05) is 13.1 Å². The summed E-state index contributed by atoms with van der Waals surface area (Å²) in [4.78, 5) is 14.7. The Morgan fingerprint density at radius 1 is 1.25 bits per heavy atom. The zero-order valence-electron chi connectivity index (χ0n) is 13.5. The highest BCUT2D eigenvalue weighted by atomic mass is 19.1. The molecule has 1 saturated heterocycles. The number of halogens is 1. The van der Waals surface area contributed by atoms with Gasteiger partial charge in [0.1, 0.15) is 5.82 Å². The summed E-state index contributed by atoms with van der Waals surface area (Å²) in [6.07, 6.45) is 1.82.